The molecule has 1 aliphatic rings. The molecule has 0 unspecified atom stereocenters. The van der Waals surface area contributed by atoms with Crippen molar-refractivity contribution in [3.05, 3.63) is 68.8 Å². The Labute approximate surface area is 273 Å². The zero-order valence-electron chi connectivity index (χ0n) is 25.5. The number of nitro benzene ring substituents is 2. The highest BCUT2D eigenvalue weighted by Gasteiger charge is 2.38. The topological polar surface area (TPSA) is 200 Å². The number of benzene rings is 2. The van der Waals surface area contributed by atoms with E-state index >= 15 is 0 Å². The summed E-state index contributed by atoms with van der Waals surface area (Å²) in [5, 5.41) is 23.4. The summed E-state index contributed by atoms with van der Waals surface area (Å²) in [7, 11) is -12.9. The highest BCUT2D eigenvalue weighted by Crippen LogP contribution is 2.51. The van der Waals surface area contributed by atoms with E-state index in [1.54, 1.807) is 13.8 Å². The van der Waals surface area contributed by atoms with Crippen molar-refractivity contribution in [1.82, 2.24) is 13.3 Å². The number of nitrogens with zero attached hydrogens (tertiary/aromatic N) is 5. The van der Waals surface area contributed by atoms with Gasteiger partial charge in [0.25, 0.3) is 11.4 Å². The third kappa shape index (κ3) is 9.32. The lowest BCUT2D eigenvalue weighted by Crippen LogP contribution is -2.43. The van der Waals surface area contributed by atoms with Crippen molar-refractivity contribution in [2.24, 2.45) is 0 Å². The van der Waals surface area contributed by atoms with Crippen molar-refractivity contribution in [3.8, 4) is 0 Å². The Bertz CT molecular complexity index is 1520. The van der Waals surface area contributed by atoms with Crippen molar-refractivity contribution in [2.75, 3.05) is 64.0 Å². The molecule has 1 aliphatic heterocycles. The first-order chi connectivity index (χ1) is 21.8. The van der Waals surface area contributed by atoms with Crippen LogP contribution in [0.2, 0.25) is 0 Å². The molecule has 20 heteroatoms. The molecule has 0 bridgehead atoms. The molecule has 16 nitrogen and oxygen atoms in total. The Morgan fingerprint density at radius 1 is 0.717 bits per heavy atom. The normalized spacial score (nSPS) is 17.7. The summed E-state index contributed by atoms with van der Waals surface area (Å²) in [5.74, 6) is 1.000. The van der Waals surface area contributed by atoms with Gasteiger partial charge in [-0.3, -0.25) is 29.3 Å². The first kappa shape index (κ1) is 38.0. The summed E-state index contributed by atoms with van der Waals surface area (Å²) in [6, 6.07) is 10.0. The monoisotopic (exact) mass is 723 g/mol. The molecule has 0 aromatic heterocycles. The van der Waals surface area contributed by atoms with Gasteiger partial charge >= 0.3 is 7.75 Å². The zero-order chi connectivity index (χ0) is 34.0. The van der Waals surface area contributed by atoms with E-state index in [9.17, 15) is 41.6 Å². The van der Waals surface area contributed by atoms with E-state index in [4.69, 9.17) is 9.05 Å². The summed E-state index contributed by atoms with van der Waals surface area (Å²) >= 11 is 1.48. The molecule has 0 amide bonds. The van der Waals surface area contributed by atoms with Gasteiger partial charge in [-0.1, -0.05) is 24.3 Å². The van der Waals surface area contributed by atoms with Crippen molar-refractivity contribution in [3.63, 3.8) is 0 Å². The lowest BCUT2D eigenvalue weighted by molar-refractivity contribution is -0.388. The number of thioether (sulfide) groups is 1. The fourth-order valence-corrected chi connectivity index (χ4v) is 10.6. The molecule has 0 radical (unpaired) electrons. The standard InChI is InChI=1S/C26H38N5O11PS3/c1-3-41-43(36,42-4-2)27-17-19-28(45(37,38)25-13-7-5-11-23(25)30(32)33)15-9-21-44-22-10-16-29(20-18-27)46(39,40)26-14-8-6-12-24(26)31(34)35/h5-8,11-14H,3-4,9-10,15-22H2,1-2H3. The van der Waals surface area contributed by atoms with Crippen LogP contribution >= 0.6 is 19.5 Å². The summed E-state index contributed by atoms with van der Waals surface area (Å²) < 4.78 is 83.7. The van der Waals surface area contributed by atoms with Crippen molar-refractivity contribution in [2.45, 2.75) is 36.5 Å². The molecule has 0 N–H and O–H groups in total. The lowest BCUT2D eigenvalue weighted by atomic mass is 10.3. The van der Waals surface area contributed by atoms with Gasteiger partial charge in [-0.2, -0.15) is 20.4 Å². The SMILES string of the molecule is CCOP(=O)(OCC)N1CCN(S(=O)(=O)c2ccccc2[N+](=O)[O-])CCCSCCCN(S(=O)(=O)c2ccccc2[N+](=O)[O-])CC1. The number of rotatable bonds is 11. The molecule has 2 aromatic rings. The van der Waals surface area contributed by atoms with Gasteiger partial charge in [0.05, 0.1) is 23.1 Å². The van der Waals surface area contributed by atoms with Crippen molar-refractivity contribution >= 4 is 50.9 Å². The zero-order valence-corrected chi connectivity index (χ0v) is 28.8. The van der Waals surface area contributed by atoms with E-state index in [0.29, 0.717) is 24.3 Å². The molecular formula is C26H38N5O11PS3. The molecule has 0 atom stereocenters. The molecule has 1 heterocycles. The van der Waals surface area contributed by atoms with Gasteiger partial charge in [0.15, 0.2) is 9.79 Å². The molecule has 1 saturated heterocycles. The second-order valence-electron chi connectivity index (χ2n) is 9.84. The van der Waals surface area contributed by atoms with E-state index in [1.807, 2.05) is 0 Å². The fraction of sp³-hybridized carbons (Fsp3) is 0.538. The largest absolute Gasteiger partial charge is 0.408 e. The summed E-state index contributed by atoms with van der Waals surface area (Å²) in [6.45, 7) is 2.08. The molecule has 2 aromatic carbocycles. The maximum absolute atomic E-state index is 14.0. The molecule has 0 saturated carbocycles. The average molecular weight is 724 g/mol. The number of sulfonamides is 2. The lowest BCUT2D eigenvalue weighted by Gasteiger charge is -2.33. The van der Waals surface area contributed by atoms with E-state index in [2.05, 4.69) is 0 Å². The second kappa shape index (κ2) is 17.1. The van der Waals surface area contributed by atoms with Gasteiger partial charge in [-0.15, -0.1) is 0 Å². The summed E-state index contributed by atoms with van der Waals surface area (Å²) in [5.41, 5.74) is -1.17. The van der Waals surface area contributed by atoms with E-state index in [1.165, 1.54) is 40.7 Å². The van der Waals surface area contributed by atoms with Crippen molar-refractivity contribution in [1.29, 1.82) is 0 Å². The van der Waals surface area contributed by atoms with Gasteiger partial charge in [-0.25, -0.2) is 26.1 Å². The van der Waals surface area contributed by atoms with Crippen LogP contribution in [-0.2, 0) is 33.7 Å². The van der Waals surface area contributed by atoms with Crippen LogP contribution < -0.4 is 0 Å². The maximum Gasteiger partial charge on any atom is 0.408 e. The minimum atomic E-state index is -4.40. The number of para-hydroxylation sites is 2. The second-order valence-corrected chi connectivity index (χ2v) is 16.9. The van der Waals surface area contributed by atoms with E-state index in [0.717, 1.165) is 32.9 Å². The number of hydrogen-bond donors (Lipinski definition) is 0. The maximum atomic E-state index is 14.0. The van der Waals surface area contributed by atoms with Gasteiger partial charge in [-0.05, 0) is 50.3 Å². The van der Waals surface area contributed by atoms with Gasteiger partial charge in [0.2, 0.25) is 20.0 Å². The highest BCUT2D eigenvalue weighted by atomic mass is 32.2. The van der Waals surface area contributed by atoms with Gasteiger partial charge in [0.1, 0.15) is 0 Å². The van der Waals surface area contributed by atoms with Crippen LogP contribution in [-0.4, -0.2) is 104 Å². The Morgan fingerprint density at radius 3 is 1.48 bits per heavy atom. The minimum absolute atomic E-state index is 0.0149. The van der Waals surface area contributed by atoms with Crippen LogP contribution in [0.15, 0.2) is 58.3 Å². The number of nitro groups is 2. The first-order valence-corrected chi connectivity index (χ1v) is 20.0. The van der Waals surface area contributed by atoms with Crippen LogP contribution in [0.25, 0.3) is 0 Å². The molecule has 0 spiro atoms. The minimum Gasteiger partial charge on any atom is -0.297 e. The van der Waals surface area contributed by atoms with Crippen LogP contribution in [0, 0.1) is 20.2 Å². The highest BCUT2D eigenvalue weighted by molar-refractivity contribution is 7.99. The molecular weight excluding hydrogens is 685 g/mol. The van der Waals surface area contributed by atoms with E-state index in [-0.39, 0.29) is 52.5 Å². The molecule has 0 aliphatic carbocycles. The Hall–Kier alpha value is -2.48. The van der Waals surface area contributed by atoms with Crippen LogP contribution in [0.4, 0.5) is 11.4 Å². The fourth-order valence-electron chi connectivity index (χ4n) is 4.76. The predicted octanol–water partition coefficient (Wildman–Crippen LogP) is 4.19. The quantitative estimate of drug-likeness (QED) is 0.182. The molecule has 256 valence electrons. The molecule has 3 rings (SSSR count). The third-order valence-corrected chi connectivity index (χ3v) is 14.2. The Kier molecular flexibility index (Phi) is 14.1. The number of hydrogen-bond acceptors (Lipinski definition) is 12. The molecule has 46 heavy (non-hydrogen) atoms. The Morgan fingerprint density at radius 2 is 1.11 bits per heavy atom. The average Bonchev–Trinajstić information content (AvgIpc) is 3.01. The van der Waals surface area contributed by atoms with Gasteiger partial charge < -0.3 is 0 Å². The predicted molar refractivity (Wildman–Crippen MR) is 173 cm³/mol. The molecule has 1 fully saturated rings. The van der Waals surface area contributed by atoms with Crippen molar-refractivity contribution < 1.29 is 40.3 Å². The van der Waals surface area contributed by atoms with Gasteiger partial charge in [0, 0.05) is 51.4 Å². The first-order valence-electron chi connectivity index (χ1n) is 14.5. The van der Waals surface area contributed by atoms with Crippen LogP contribution in [0.3, 0.4) is 0 Å². The van der Waals surface area contributed by atoms with Crippen LogP contribution in [0.5, 0.6) is 0 Å². The van der Waals surface area contributed by atoms with Crippen LogP contribution in [0.1, 0.15) is 26.7 Å². The third-order valence-electron chi connectivity index (χ3n) is 6.90. The summed E-state index contributed by atoms with van der Waals surface area (Å²) in [6.07, 6.45) is 0.745. The smallest absolute Gasteiger partial charge is 0.297 e. The Balaban J connectivity index is 2.04. The summed E-state index contributed by atoms with van der Waals surface area (Å²) in [4.78, 5) is 20.8. The van der Waals surface area contributed by atoms with E-state index < -0.39 is 58.8 Å².